The Kier molecular flexibility index (Phi) is 3.93. The van der Waals surface area contributed by atoms with Gasteiger partial charge in [0.25, 0.3) is 0 Å². The van der Waals surface area contributed by atoms with E-state index in [9.17, 15) is 4.79 Å². The molecule has 0 aliphatic carbocycles. The van der Waals surface area contributed by atoms with E-state index in [0.29, 0.717) is 23.2 Å². The van der Waals surface area contributed by atoms with Crippen LogP contribution in [0.4, 0.5) is 5.69 Å². The van der Waals surface area contributed by atoms with E-state index in [2.05, 4.69) is 18.7 Å². The lowest BCUT2D eigenvalue weighted by Crippen LogP contribution is -2.47. The summed E-state index contributed by atoms with van der Waals surface area (Å²) in [5, 5.41) is 0.628. The molecule has 1 saturated heterocycles. The van der Waals surface area contributed by atoms with Gasteiger partial charge in [-0.25, -0.2) is 0 Å². The van der Waals surface area contributed by atoms with Gasteiger partial charge in [-0.1, -0.05) is 11.6 Å². The van der Waals surface area contributed by atoms with Crippen LogP contribution in [0.3, 0.4) is 0 Å². The number of anilines is 1. The van der Waals surface area contributed by atoms with Crippen molar-refractivity contribution < 1.29 is 9.53 Å². The first-order valence-electron chi connectivity index (χ1n) is 6.17. The van der Waals surface area contributed by atoms with E-state index in [4.69, 9.17) is 16.3 Å². The number of ether oxygens (including phenoxy) is 1. The number of morpholine rings is 1. The lowest BCUT2D eigenvalue weighted by Gasteiger charge is -2.39. The van der Waals surface area contributed by atoms with E-state index in [1.165, 1.54) is 0 Å². The Bertz CT molecular complexity index is 461. The van der Waals surface area contributed by atoms with Crippen LogP contribution in [-0.2, 0) is 4.74 Å². The number of hydrogen-bond donors (Lipinski definition) is 0. The Balaban J connectivity index is 2.30. The molecule has 0 radical (unpaired) electrons. The first kappa shape index (κ1) is 13.4. The van der Waals surface area contributed by atoms with Gasteiger partial charge in [0, 0.05) is 18.2 Å². The number of Topliss-reactive ketones (excluding diaryl/α,β-unsaturated/α-hetero) is 1. The molecule has 2 rings (SSSR count). The monoisotopic (exact) mass is 267 g/mol. The van der Waals surface area contributed by atoms with Crippen LogP contribution in [0.2, 0.25) is 5.02 Å². The Labute approximate surface area is 113 Å². The molecule has 2 atom stereocenters. The van der Waals surface area contributed by atoms with Gasteiger partial charge in [-0.05, 0) is 39.0 Å². The normalized spacial score (nSPS) is 24.1. The summed E-state index contributed by atoms with van der Waals surface area (Å²) in [5.74, 6) is 0.0341. The van der Waals surface area contributed by atoms with Gasteiger partial charge in [0.05, 0.1) is 23.4 Å². The first-order chi connectivity index (χ1) is 8.49. The van der Waals surface area contributed by atoms with Gasteiger partial charge in [0.15, 0.2) is 5.78 Å². The minimum absolute atomic E-state index is 0.0341. The highest BCUT2D eigenvalue weighted by molar-refractivity contribution is 6.33. The van der Waals surface area contributed by atoms with Gasteiger partial charge < -0.3 is 9.64 Å². The summed E-state index contributed by atoms with van der Waals surface area (Å²) in [6, 6.07) is 5.79. The molecule has 1 aliphatic rings. The number of nitrogens with zero attached hydrogens (tertiary/aromatic N) is 1. The van der Waals surface area contributed by atoms with Crippen LogP contribution >= 0.6 is 11.6 Å². The number of hydrogen-bond acceptors (Lipinski definition) is 3. The molecule has 1 fully saturated rings. The molecular weight excluding hydrogens is 250 g/mol. The molecule has 3 nitrogen and oxygen atoms in total. The van der Waals surface area contributed by atoms with Crippen LogP contribution < -0.4 is 4.90 Å². The highest BCUT2D eigenvalue weighted by atomic mass is 35.5. The van der Waals surface area contributed by atoms with E-state index in [1.54, 1.807) is 13.0 Å². The number of rotatable bonds is 2. The Morgan fingerprint density at radius 3 is 2.78 bits per heavy atom. The maximum atomic E-state index is 11.3. The van der Waals surface area contributed by atoms with Crippen LogP contribution in [0.1, 0.15) is 31.1 Å². The van der Waals surface area contributed by atoms with E-state index in [-0.39, 0.29) is 11.9 Å². The number of ketones is 1. The summed E-state index contributed by atoms with van der Waals surface area (Å²) < 4.78 is 5.60. The van der Waals surface area contributed by atoms with Gasteiger partial charge in [0.2, 0.25) is 0 Å². The molecule has 98 valence electrons. The number of benzene rings is 1. The molecule has 0 amide bonds. The zero-order chi connectivity index (χ0) is 13.3. The summed E-state index contributed by atoms with van der Waals surface area (Å²) in [6.45, 7) is 7.23. The number of halogens is 1. The second-order valence-corrected chi connectivity index (χ2v) is 5.27. The second kappa shape index (κ2) is 5.29. The van der Waals surface area contributed by atoms with Crippen LogP contribution in [0.25, 0.3) is 0 Å². The fourth-order valence-electron chi connectivity index (χ4n) is 2.20. The molecule has 1 aromatic rings. The van der Waals surface area contributed by atoms with E-state index >= 15 is 0 Å². The average Bonchev–Trinajstić information content (AvgIpc) is 2.32. The summed E-state index contributed by atoms with van der Waals surface area (Å²) in [6.07, 6.45) is 0.199. The van der Waals surface area contributed by atoms with Gasteiger partial charge >= 0.3 is 0 Å². The smallest absolute Gasteiger partial charge is 0.159 e. The van der Waals surface area contributed by atoms with Crippen molar-refractivity contribution in [3.63, 3.8) is 0 Å². The average molecular weight is 268 g/mol. The molecule has 1 heterocycles. The third-order valence-corrected chi connectivity index (χ3v) is 3.57. The highest BCUT2D eigenvalue weighted by Crippen LogP contribution is 2.30. The fourth-order valence-corrected chi connectivity index (χ4v) is 2.49. The molecule has 1 aliphatic heterocycles. The van der Waals surface area contributed by atoms with E-state index in [1.807, 2.05) is 12.1 Å². The quantitative estimate of drug-likeness (QED) is 0.771. The largest absolute Gasteiger partial charge is 0.375 e. The van der Waals surface area contributed by atoms with Crippen molar-refractivity contribution in [3.05, 3.63) is 28.8 Å². The molecule has 2 unspecified atom stereocenters. The fraction of sp³-hybridized carbons (Fsp3) is 0.500. The van der Waals surface area contributed by atoms with Crippen LogP contribution in [-0.4, -0.2) is 31.1 Å². The number of carbonyl (C=O) groups excluding carboxylic acids is 1. The third kappa shape index (κ3) is 2.68. The summed E-state index contributed by atoms with van der Waals surface area (Å²) in [7, 11) is 0. The Hall–Kier alpha value is -1.06. The van der Waals surface area contributed by atoms with Crippen LogP contribution in [0.15, 0.2) is 18.2 Å². The van der Waals surface area contributed by atoms with Crippen LogP contribution in [0.5, 0.6) is 0 Å². The molecule has 0 bridgehead atoms. The van der Waals surface area contributed by atoms with Crippen molar-refractivity contribution in [2.45, 2.75) is 32.9 Å². The van der Waals surface area contributed by atoms with Crippen LogP contribution in [0, 0.1) is 0 Å². The van der Waals surface area contributed by atoms with E-state index in [0.717, 1.165) is 12.2 Å². The Morgan fingerprint density at radius 2 is 2.17 bits per heavy atom. The van der Waals surface area contributed by atoms with Gasteiger partial charge in [0.1, 0.15) is 0 Å². The van der Waals surface area contributed by atoms with Gasteiger partial charge in [-0.2, -0.15) is 0 Å². The molecular formula is C14H18ClNO2. The topological polar surface area (TPSA) is 29.5 Å². The highest BCUT2D eigenvalue weighted by Gasteiger charge is 2.25. The minimum Gasteiger partial charge on any atom is -0.375 e. The van der Waals surface area contributed by atoms with Crippen molar-refractivity contribution >= 4 is 23.1 Å². The lowest BCUT2D eigenvalue weighted by atomic mass is 10.1. The summed E-state index contributed by atoms with van der Waals surface area (Å²) >= 11 is 6.29. The first-order valence-corrected chi connectivity index (χ1v) is 6.55. The lowest BCUT2D eigenvalue weighted by molar-refractivity contribution is 0.0344. The Morgan fingerprint density at radius 1 is 1.44 bits per heavy atom. The molecule has 0 aromatic heterocycles. The summed E-state index contributed by atoms with van der Waals surface area (Å²) in [4.78, 5) is 13.5. The molecule has 0 spiro atoms. The molecule has 4 heteroatoms. The maximum Gasteiger partial charge on any atom is 0.159 e. The SMILES string of the molecule is CC(=O)c1ccc(N2CC(C)OCC2C)c(Cl)c1. The molecule has 18 heavy (non-hydrogen) atoms. The maximum absolute atomic E-state index is 11.3. The standard InChI is InChI=1S/C14H18ClNO2/c1-9-8-18-10(2)7-16(9)14-5-4-12(11(3)17)6-13(14)15/h4-6,9-10H,7-8H2,1-3H3. The second-order valence-electron chi connectivity index (χ2n) is 4.87. The van der Waals surface area contributed by atoms with E-state index < -0.39 is 0 Å². The van der Waals surface area contributed by atoms with Crippen molar-refractivity contribution in [1.29, 1.82) is 0 Å². The molecule has 0 N–H and O–H groups in total. The predicted molar refractivity (Wildman–Crippen MR) is 73.7 cm³/mol. The van der Waals surface area contributed by atoms with Gasteiger partial charge in [-0.3, -0.25) is 4.79 Å². The summed E-state index contributed by atoms with van der Waals surface area (Å²) in [5.41, 5.74) is 1.63. The van der Waals surface area contributed by atoms with Crippen molar-refractivity contribution in [2.24, 2.45) is 0 Å². The van der Waals surface area contributed by atoms with Gasteiger partial charge in [-0.15, -0.1) is 0 Å². The predicted octanol–water partition coefficient (Wildman–Crippen LogP) is 3.16. The van der Waals surface area contributed by atoms with Crippen molar-refractivity contribution in [3.8, 4) is 0 Å². The molecule has 1 aromatic carbocycles. The molecule has 0 saturated carbocycles. The third-order valence-electron chi connectivity index (χ3n) is 3.27. The van der Waals surface area contributed by atoms with Crippen molar-refractivity contribution in [1.82, 2.24) is 0 Å². The zero-order valence-corrected chi connectivity index (χ0v) is 11.7. The number of carbonyl (C=O) groups is 1. The zero-order valence-electron chi connectivity index (χ0n) is 10.9. The van der Waals surface area contributed by atoms with Crippen molar-refractivity contribution in [2.75, 3.05) is 18.1 Å². The minimum atomic E-state index is 0.0341.